The zero-order valence-corrected chi connectivity index (χ0v) is 16.3. The van der Waals surface area contributed by atoms with Crippen LogP contribution in [0.15, 0.2) is 60.7 Å². The number of halogens is 3. The van der Waals surface area contributed by atoms with E-state index in [2.05, 4.69) is 0 Å². The summed E-state index contributed by atoms with van der Waals surface area (Å²) in [5.74, 6) is -1.21. The number of carbonyl (C=O) groups is 2. The van der Waals surface area contributed by atoms with Gasteiger partial charge in [-0.15, -0.1) is 0 Å². The molecular weight excluding hydrogens is 397 g/mol. The highest BCUT2D eigenvalue weighted by Crippen LogP contribution is 2.26. The van der Waals surface area contributed by atoms with E-state index in [1.165, 1.54) is 4.90 Å². The molecule has 0 spiro atoms. The van der Waals surface area contributed by atoms with Crippen LogP contribution in [0.1, 0.15) is 30.1 Å². The van der Waals surface area contributed by atoms with Crippen LogP contribution >= 0.6 is 0 Å². The standard InChI is InChI=1S/C22H23F3N2O3/c23-22(24,25)15-26-21(29)18-12-7-13-27(18)19(28)14-30-20(16-8-3-1-4-9-16)17-10-5-2-6-11-17/h1-6,8-11,18,20H,7,12-15H2,(H,26,29). The number of rotatable bonds is 7. The average Bonchev–Trinajstić information content (AvgIpc) is 3.23. The first-order chi connectivity index (χ1) is 14.3. The third-order valence-electron chi connectivity index (χ3n) is 4.92. The summed E-state index contributed by atoms with van der Waals surface area (Å²) in [4.78, 5) is 26.2. The third kappa shape index (κ3) is 5.82. The van der Waals surface area contributed by atoms with Gasteiger partial charge >= 0.3 is 6.18 Å². The van der Waals surface area contributed by atoms with Gasteiger partial charge in [0.1, 0.15) is 25.3 Å². The predicted octanol–water partition coefficient (Wildman–Crippen LogP) is 3.46. The molecule has 1 saturated heterocycles. The van der Waals surface area contributed by atoms with E-state index in [4.69, 9.17) is 4.74 Å². The van der Waals surface area contributed by atoms with E-state index < -0.39 is 36.7 Å². The summed E-state index contributed by atoms with van der Waals surface area (Å²) in [6.07, 6.45) is -4.09. The van der Waals surface area contributed by atoms with Crippen molar-refractivity contribution in [3.05, 3.63) is 71.8 Å². The Labute approximate surface area is 172 Å². The predicted molar refractivity (Wildman–Crippen MR) is 104 cm³/mol. The van der Waals surface area contributed by atoms with Crippen LogP contribution in [0.3, 0.4) is 0 Å². The number of carbonyl (C=O) groups excluding carboxylic acids is 2. The van der Waals surface area contributed by atoms with Crippen LogP contribution in [-0.4, -0.2) is 48.6 Å². The first-order valence-electron chi connectivity index (χ1n) is 9.70. The highest BCUT2D eigenvalue weighted by atomic mass is 19.4. The normalized spacial score (nSPS) is 16.7. The summed E-state index contributed by atoms with van der Waals surface area (Å²) in [6.45, 7) is -1.38. The van der Waals surface area contributed by atoms with Gasteiger partial charge in [-0.25, -0.2) is 0 Å². The van der Waals surface area contributed by atoms with E-state index in [1.807, 2.05) is 66.0 Å². The Morgan fingerprint density at radius 2 is 1.60 bits per heavy atom. The fourth-order valence-electron chi connectivity index (χ4n) is 3.52. The minimum atomic E-state index is -4.50. The van der Waals surface area contributed by atoms with Crippen molar-refractivity contribution >= 4 is 11.8 Å². The molecule has 0 aromatic heterocycles. The smallest absolute Gasteiger partial charge is 0.359 e. The number of benzene rings is 2. The minimum Gasteiger partial charge on any atom is -0.359 e. The zero-order chi connectivity index (χ0) is 21.6. The second-order valence-corrected chi connectivity index (χ2v) is 7.09. The SMILES string of the molecule is O=C(NCC(F)(F)F)C1CCCN1C(=O)COC(c1ccccc1)c1ccccc1. The Bertz CT molecular complexity index is 804. The number of likely N-dealkylation sites (tertiary alicyclic amines) is 1. The van der Waals surface area contributed by atoms with Gasteiger partial charge in [-0.2, -0.15) is 13.2 Å². The Morgan fingerprint density at radius 1 is 1.03 bits per heavy atom. The number of ether oxygens (including phenoxy) is 1. The molecule has 2 aromatic rings. The van der Waals surface area contributed by atoms with Gasteiger partial charge in [0.2, 0.25) is 11.8 Å². The number of hydrogen-bond acceptors (Lipinski definition) is 3. The van der Waals surface area contributed by atoms with Gasteiger partial charge in [-0.3, -0.25) is 9.59 Å². The van der Waals surface area contributed by atoms with Crippen LogP contribution in [-0.2, 0) is 14.3 Å². The molecule has 1 atom stereocenters. The topological polar surface area (TPSA) is 58.6 Å². The summed E-state index contributed by atoms with van der Waals surface area (Å²) < 4.78 is 43.1. The molecule has 1 N–H and O–H groups in total. The fraction of sp³-hybridized carbons (Fsp3) is 0.364. The molecule has 160 valence electrons. The lowest BCUT2D eigenvalue weighted by Crippen LogP contribution is -2.48. The van der Waals surface area contributed by atoms with Crippen molar-refractivity contribution in [2.45, 2.75) is 31.2 Å². The monoisotopic (exact) mass is 420 g/mol. The number of amides is 2. The van der Waals surface area contributed by atoms with Gasteiger partial charge in [0.15, 0.2) is 0 Å². The molecular formula is C22H23F3N2O3. The Balaban J connectivity index is 1.65. The van der Waals surface area contributed by atoms with Crippen LogP contribution in [0.25, 0.3) is 0 Å². The van der Waals surface area contributed by atoms with Crippen molar-refractivity contribution < 1.29 is 27.5 Å². The van der Waals surface area contributed by atoms with Gasteiger partial charge in [0, 0.05) is 6.54 Å². The van der Waals surface area contributed by atoms with Crippen molar-refractivity contribution in [3.63, 3.8) is 0 Å². The molecule has 0 radical (unpaired) electrons. The van der Waals surface area contributed by atoms with E-state index >= 15 is 0 Å². The van der Waals surface area contributed by atoms with Crippen molar-refractivity contribution in [2.24, 2.45) is 0 Å². The summed E-state index contributed by atoms with van der Waals surface area (Å²) in [6, 6.07) is 17.9. The Morgan fingerprint density at radius 3 is 2.13 bits per heavy atom. The molecule has 3 rings (SSSR count). The third-order valence-corrected chi connectivity index (χ3v) is 4.92. The lowest BCUT2D eigenvalue weighted by molar-refractivity contribution is -0.147. The van der Waals surface area contributed by atoms with Crippen LogP contribution < -0.4 is 5.32 Å². The van der Waals surface area contributed by atoms with Crippen molar-refractivity contribution in [2.75, 3.05) is 19.7 Å². The summed E-state index contributed by atoms with van der Waals surface area (Å²) in [5.41, 5.74) is 1.75. The molecule has 0 bridgehead atoms. The Kier molecular flexibility index (Phi) is 7.10. The van der Waals surface area contributed by atoms with Gasteiger partial charge < -0.3 is 15.0 Å². The van der Waals surface area contributed by atoms with Gasteiger partial charge in [0.05, 0.1) is 0 Å². The van der Waals surface area contributed by atoms with E-state index in [0.717, 1.165) is 11.1 Å². The lowest BCUT2D eigenvalue weighted by atomic mass is 10.0. The average molecular weight is 420 g/mol. The molecule has 2 aromatic carbocycles. The highest BCUT2D eigenvalue weighted by molar-refractivity contribution is 5.88. The molecule has 0 saturated carbocycles. The number of nitrogens with zero attached hydrogens (tertiary/aromatic N) is 1. The van der Waals surface area contributed by atoms with Crippen LogP contribution in [0, 0.1) is 0 Å². The van der Waals surface area contributed by atoms with Gasteiger partial charge in [0.25, 0.3) is 0 Å². The molecule has 5 nitrogen and oxygen atoms in total. The molecule has 30 heavy (non-hydrogen) atoms. The van der Waals surface area contributed by atoms with E-state index in [1.54, 1.807) is 0 Å². The molecule has 1 fully saturated rings. The van der Waals surface area contributed by atoms with E-state index in [0.29, 0.717) is 19.4 Å². The minimum absolute atomic E-state index is 0.280. The maximum atomic E-state index is 12.7. The van der Waals surface area contributed by atoms with E-state index in [9.17, 15) is 22.8 Å². The van der Waals surface area contributed by atoms with Crippen LogP contribution in [0.5, 0.6) is 0 Å². The number of alkyl halides is 3. The quantitative estimate of drug-likeness (QED) is 0.746. The Hall–Kier alpha value is -2.87. The first-order valence-corrected chi connectivity index (χ1v) is 9.70. The number of hydrogen-bond donors (Lipinski definition) is 1. The van der Waals surface area contributed by atoms with E-state index in [-0.39, 0.29) is 6.61 Å². The molecule has 2 amide bonds. The number of nitrogens with one attached hydrogen (secondary N) is 1. The second-order valence-electron chi connectivity index (χ2n) is 7.09. The van der Waals surface area contributed by atoms with Crippen LogP contribution in [0.2, 0.25) is 0 Å². The highest BCUT2D eigenvalue weighted by Gasteiger charge is 2.36. The molecule has 1 unspecified atom stereocenters. The van der Waals surface area contributed by atoms with Crippen molar-refractivity contribution in [1.82, 2.24) is 10.2 Å². The molecule has 1 heterocycles. The second kappa shape index (κ2) is 9.75. The van der Waals surface area contributed by atoms with Crippen molar-refractivity contribution in [3.8, 4) is 0 Å². The molecule has 1 aliphatic heterocycles. The molecule has 1 aliphatic rings. The first kappa shape index (κ1) is 21.8. The van der Waals surface area contributed by atoms with Gasteiger partial charge in [-0.1, -0.05) is 60.7 Å². The fourth-order valence-corrected chi connectivity index (χ4v) is 3.52. The van der Waals surface area contributed by atoms with Gasteiger partial charge in [-0.05, 0) is 24.0 Å². The maximum Gasteiger partial charge on any atom is 0.405 e. The largest absolute Gasteiger partial charge is 0.405 e. The van der Waals surface area contributed by atoms with Crippen LogP contribution in [0.4, 0.5) is 13.2 Å². The summed E-state index contributed by atoms with van der Waals surface area (Å²) in [7, 11) is 0. The summed E-state index contributed by atoms with van der Waals surface area (Å²) >= 11 is 0. The molecule has 8 heteroatoms. The van der Waals surface area contributed by atoms with Crippen molar-refractivity contribution in [1.29, 1.82) is 0 Å². The molecule has 0 aliphatic carbocycles. The summed E-state index contributed by atoms with van der Waals surface area (Å²) in [5, 5.41) is 1.87. The maximum absolute atomic E-state index is 12.7. The lowest BCUT2D eigenvalue weighted by Gasteiger charge is -2.26. The zero-order valence-electron chi connectivity index (χ0n) is 16.3.